The summed E-state index contributed by atoms with van der Waals surface area (Å²) in [7, 11) is 0. The monoisotopic (exact) mass is 362 g/mol. The summed E-state index contributed by atoms with van der Waals surface area (Å²) in [5.41, 5.74) is 0.0448. The Bertz CT molecular complexity index is 790. The molecule has 1 saturated heterocycles. The molecule has 3 rings (SSSR count). The van der Waals surface area contributed by atoms with Crippen molar-refractivity contribution in [3.63, 3.8) is 0 Å². The quantitative estimate of drug-likeness (QED) is 0.888. The number of H-pyrrole nitrogens is 1. The van der Waals surface area contributed by atoms with Gasteiger partial charge in [0.15, 0.2) is 0 Å². The number of nitrogens with one attached hydrogen (secondary N) is 1. The second kappa shape index (κ2) is 7.87. The van der Waals surface area contributed by atoms with Gasteiger partial charge in [0.05, 0.1) is 5.56 Å². The Labute approximate surface area is 151 Å². The Morgan fingerprint density at radius 1 is 1.40 bits per heavy atom. The number of imidazole rings is 1. The molecule has 1 amide bonds. The maximum absolute atomic E-state index is 12.6. The number of halogens is 1. The highest BCUT2D eigenvalue weighted by Gasteiger charge is 2.27. The van der Waals surface area contributed by atoms with Crippen molar-refractivity contribution in [2.75, 3.05) is 13.1 Å². The van der Waals surface area contributed by atoms with E-state index in [1.807, 2.05) is 17.3 Å². The van der Waals surface area contributed by atoms with Crippen LogP contribution in [0.3, 0.4) is 0 Å². The molecule has 1 fully saturated rings. The van der Waals surface area contributed by atoms with E-state index in [0.29, 0.717) is 24.6 Å². The number of likely N-dealkylation sites (tertiary alicyclic amines) is 1. The first-order chi connectivity index (χ1) is 12.1. The van der Waals surface area contributed by atoms with Crippen LogP contribution in [0.2, 0.25) is 5.02 Å². The molecule has 3 heterocycles. The lowest BCUT2D eigenvalue weighted by atomic mass is 9.95. The van der Waals surface area contributed by atoms with Crippen LogP contribution >= 0.6 is 11.6 Å². The number of carbonyl (C=O) groups is 1. The maximum Gasteiger partial charge on any atom is 0.266 e. The minimum Gasteiger partial charge on any atom is -0.339 e. The van der Waals surface area contributed by atoms with Crippen molar-refractivity contribution in [3.8, 4) is 0 Å². The summed E-state index contributed by atoms with van der Waals surface area (Å²) in [4.78, 5) is 32.8. The minimum atomic E-state index is -0.379. The average molecular weight is 363 g/mol. The van der Waals surface area contributed by atoms with Gasteiger partial charge in [0, 0.05) is 44.1 Å². The number of rotatable bonds is 5. The van der Waals surface area contributed by atoms with Crippen molar-refractivity contribution in [2.24, 2.45) is 0 Å². The van der Waals surface area contributed by atoms with Crippen molar-refractivity contribution < 1.29 is 4.79 Å². The maximum atomic E-state index is 12.6. The SMILES string of the molecule is CCCCn1ccnc1C1CCN(C(=O)c2c[nH]c(=O)c(Cl)c2)CC1. The number of hydrogen-bond acceptors (Lipinski definition) is 3. The molecule has 2 aromatic rings. The molecular formula is C18H23ClN4O2. The van der Waals surface area contributed by atoms with Crippen LogP contribution in [0.25, 0.3) is 0 Å². The van der Waals surface area contributed by atoms with Crippen molar-refractivity contribution in [3.05, 3.63) is 51.4 Å². The lowest BCUT2D eigenvalue weighted by Gasteiger charge is -2.32. The fraction of sp³-hybridized carbons (Fsp3) is 0.500. The third-order valence-corrected chi connectivity index (χ3v) is 5.03. The molecule has 7 heteroatoms. The largest absolute Gasteiger partial charge is 0.339 e. The van der Waals surface area contributed by atoms with Gasteiger partial charge in [0.2, 0.25) is 0 Å². The van der Waals surface area contributed by atoms with E-state index in [0.717, 1.165) is 38.1 Å². The number of amides is 1. The van der Waals surface area contributed by atoms with E-state index in [9.17, 15) is 9.59 Å². The topological polar surface area (TPSA) is 71.0 Å². The van der Waals surface area contributed by atoms with Crippen LogP contribution in [0.15, 0.2) is 29.5 Å². The fourth-order valence-electron chi connectivity index (χ4n) is 3.30. The van der Waals surface area contributed by atoms with Gasteiger partial charge in [-0.15, -0.1) is 0 Å². The molecule has 0 bridgehead atoms. The van der Waals surface area contributed by atoms with E-state index in [4.69, 9.17) is 11.6 Å². The summed E-state index contributed by atoms with van der Waals surface area (Å²) in [6.45, 7) is 4.55. The Morgan fingerprint density at radius 2 is 2.16 bits per heavy atom. The number of hydrogen-bond donors (Lipinski definition) is 1. The van der Waals surface area contributed by atoms with Gasteiger partial charge in [-0.25, -0.2) is 4.98 Å². The zero-order chi connectivity index (χ0) is 17.8. The van der Waals surface area contributed by atoms with Gasteiger partial charge in [-0.3, -0.25) is 9.59 Å². The van der Waals surface area contributed by atoms with Gasteiger partial charge in [-0.05, 0) is 25.3 Å². The van der Waals surface area contributed by atoms with Gasteiger partial charge >= 0.3 is 0 Å². The molecular weight excluding hydrogens is 340 g/mol. The molecule has 134 valence electrons. The molecule has 25 heavy (non-hydrogen) atoms. The Balaban J connectivity index is 1.63. The first-order valence-electron chi connectivity index (χ1n) is 8.78. The van der Waals surface area contributed by atoms with Crippen molar-refractivity contribution >= 4 is 17.5 Å². The molecule has 0 radical (unpaired) electrons. The van der Waals surface area contributed by atoms with Gasteiger partial charge in [-0.2, -0.15) is 0 Å². The third-order valence-electron chi connectivity index (χ3n) is 4.75. The van der Waals surface area contributed by atoms with E-state index in [1.165, 1.54) is 12.3 Å². The molecule has 1 aliphatic rings. The fourth-order valence-corrected chi connectivity index (χ4v) is 3.47. The zero-order valence-corrected chi connectivity index (χ0v) is 15.1. The van der Waals surface area contributed by atoms with E-state index in [-0.39, 0.29) is 16.5 Å². The summed E-state index contributed by atoms with van der Waals surface area (Å²) in [6, 6.07) is 1.44. The van der Waals surface area contributed by atoms with Gasteiger partial charge in [0.1, 0.15) is 10.8 Å². The number of pyridine rings is 1. The average Bonchev–Trinajstić information content (AvgIpc) is 3.10. The lowest BCUT2D eigenvalue weighted by molar-refractivity contribution is 0.0710. The third kappa shape index (κ3) is 3.95. The predicted molar refractivity (Wildman–Crippen MR) is 97.1 cm³/mol. The van der Waals surface area contributed by atoms with Gasteiger partial charge in [-0.1, -0.05) is 24.9 Å². The zero-order valence-electron chi connectivity index (χ0n) is 14.4. The van der Waals surface area contributed by atoms with Crippen LogP contribution in [-0.4, -0.2) is 38.4 Å². The number of carbonyl (C=O) groups excluding carboxylic acids is 1. The molecule has 0 aliphatic carbocycles. The normalized spacial score (nSPS) is 15.5. The number of nitrogens with zero attached hydrogens (tertiary/aromatic N) is 3. The second-order valence-electron chi connectivity index (χ2n) is 6.46. The van der Waals surface area contributed by atoms with Crippen LogP contribution in [0, 0.1) is 0 Å². The Kier molecular flexibility index (Phi) is 5.58. The summed E-state index contributed by atoms with van der Waals surface area (Å²) in [5, 5.41) is 0.0405. The Morgan fingerprint density at radius 3 is 2.84 bits per heavy atom. The summed E-state index contributed by atoms with van der Waals surface area (Å²) < 4.78 is 2.24. The summed E-state index contributed by atoms with van der Waals surface area (Å²) in [5.74, 6) is 1.42. The van der Waals surface area contributed by atoms with Gasteiger partial charge in [0.25, 0.3) is 11.5 Å². The highest BCUT2D eigenvalue weighted by atomic mass is 35.5. The first-order valence-corrected chi connectivity index (χ1v) is 9.16. The minimum absolute atomic E-state index is 0.0405. The molecule has 1 aliphatic heterocycles. The predicted octanol–water partition coefficient (Wildman–Crippen LogP) is 3.04. The van der Waals surface area contributed by atoms with Crippen molar-refractivity contribution in [1.82, 2.24) is 19.4 Å². The van der Waals surface area contributed by atoms with Crippen LogP contribution in [0.4, 0.5) is 0 Å². The summed E-state index contributed by atoms with van der Waals surface area (Å²) >= 11 is 5.82. The second-order valence-corrected chi connectivity index (χ2v) is 6.87. The number of piperidine rings is 1. The summed E-state index contributed by atoms with van der Waals surface area (Å²) in [6.07, 6.45) is 9.44. The highest BCUT2D eigenvalue weighted by molar-refractivity contribution is 6.30. The molecule has 1 N–H and O–H groups in total. The van der Waals surface area contributed by atoms with E-state index in [1.54, 1.807) is 0 Å². The molecule has 0 unspecified atom stereocenters. The number of aryl methyl sites for hydroxylation is 1. The van der Waals surface area contributed by atoms with E-state index in [2.05, 4.69) is 21.5 Å². The van der Waals surface area contributed by atoms with Crippen LogP contribution < -0.4 is 5.56 Å². The van der Waals surface area contributed by atoms with Crippen LogP contribution in [0.5, 0.6) is 0 Å². The number of aromatic nitrogens is 3. The highest BCUT2D eigenvalue weighted by Crippen LogP contribution is 2.28. The Hall–Kier alpha value is -2.08. The molecule has 0 spiro atoms. The molecule has 0 saturated carbocycles. The van der Waals surface area contributed by atoms with Crippen molar-refractivity contribution in [1.29, 1.82) is 0 Å². The number of aromatic amines is 1. The van der Waals surface area contributed by atoms with E-state index < -0.39 is 0 Å². The van der Waals surface area contributed by atoms with Gasteiger partial charge < -0.3 is 14.5 Å². The van der Waals surface area contributed by atoms with Crippen LogP contribution in [-0.2, 0) is 6.54 Å². The van der Waals surface area contributed by atoms with Crippen molar-refractivity contribution in [2.45, 2.75) is 45.1 Å². The number of unbranched alkanes of at least 4 members (excludes halogenated alkanes) is 1. The smallest absolute Gasteiger partial charge is 0.266 e. The lowest BCUT2D eigenvalue weighted by Crippen LogP contribution is -2.38. The molecule has 0 aromatic carbocycles. The molecule has 0 atom stereocenters. The standard InChI is InChI=1S/C18H23ClN4O2/c1-2-3-7-22-10-6-20-16(22)13-4-8-23(9-5-13)18(25)14-11-15(19)17(24)21-12-14/h6,10-13H,2-5,7-9H2,1H3,(H,21,24). The molecule has 2 aromatic heterocycles. The first kappa shape index (κ1) is 17.7. The van der Waals surface area contributed by atoms with Crippen LogP contribution in [0.1, 0.15) is 54.7 Å². The van der Waals surface area contributed by atoms with E-state index >= 15 is 0 Å². The molecule has 6 nitrogen and oxygen atoms in total.